The molecule has 0 spiro atoms. The lowest BCUT2D eigenvalue weighted by Gasteiger charge is -2.48. The zero-order valence-corrected chi connectivity index (χ0v) is 30.4. The van der Waals surface area contributed by atoms with E-state index >= 15 is 0 Å². The van der Waals surface area contributed by atoms with Crippen LogP contribution in [0.15, 0.2) is 69.9 Å². The van der Waals surface area contributed by atoms with E-state index in [9.17, 15) is 45.3 Å². The standard InChI is InChI=1S/C38H47N5O14/c39-12-24-29(47)31(49)32(50)38(54-24)57-35-21(41)11-20(40)34(33(35)51)56-37-30(48)27(42)28(46)25(55-37)13-43-36(52)17-4-2-1-3-16(17)26-18-7-5-14(44)9-22(18)53-23-10-15(45)6-8-19(23)26/h1-10,20-21,24-25,27-35,37-38,44,46-51H,11-13,39-42H2,(H,43,52)/t20?,21?,24?,25-,27-,28?,29-,30-,31+,32?,33-,34-,35?,37?,38-/m1/s1. The van der Waals surface area contributed by atoms with Crippen molar-refractivity contribution >= 4 is 16.9 Å². The highest BCUT2D eigenvalue weighted by atomic mass is 16.7. The molecule has 57 heavy (non-hydrogen) atoms. The fourth-order valence-corrected chi connectivity index (χ4v) is 7.76. The summed E-state index contributed by atoms with van der Waals surface area (Å²) < 4.78 is 29.3. The quantitative estimate of drug-likeness (QED) is 0.0739. The van der Waals surface area contributed by atoms with E-state index in [2.05, 4.69) is 5.32 Å². The number of rotatable bonds is 9. The van der Waals surface area contributed by atoms with Crippen LogP contribution in [0.25, 0.3) is 33.4 Å². The van der Waals surface area contributed by atoms with Crippen molar-refractivity contribution in [1.29, 1.82) is 0 Å². The maximum Gasteiger partial charge on any atom is 0.252 e. The first-order valence-corrected chi connectivity index (χ1v) is 18.4. The molecule has 3 fully saturated rings. The summed E-state index contributed by atoms with van der Waals surface area (Å²) in [6.45, 7) is -0.539. The predicted octanol–water partition coefficient (Wildman–Crippen LogP) is -3.27. The van der Waals surface area contributed by atoms with Crippen LogP contribution in [-0.4, -0.2) is 146 Å². The number of nitrogens with one attached hydrogen (secondary N) is 1. The number of hydrogen-bond donors (Lipinski definition) is 12. The van der Waals surface area contributed by atoms with Crippen LogP contribution in [0.4, 0.5) is 0 Å². The molecule has 3 heterocycles. The zero-order chi connectivity index (χ0) is 40.9. The number of carbonyl (C=O) groups is 1. The Hall–Kier alpha value is -4.16. The summed E-state index contributed by atoms with van der Waals surface area (Å²) in [5.74, 6) is -0.406. The first-order chi connectivity index (χ1) is 27.2. The number of nitrogens with two attached hydrogens (primary N) is 4. The highest BCUT2D eigenvalue weighted by molar-refractivity contribution is 6.09. The highest BCUT2D eigenvalue weighted by Gasteiger charge is 2.51. The molecule has 0 bridgehead atoms. The molecular formula is C38H47N5O14. The van der Waals surface area contributed by atoms with Crippen LogP contribution in [0.3, 0.4) is 0 Å². The van der Waals surface area contributed by atoms with Gasteiger partial charge in [0, 0.05) is 59.4 Å². The third kappa shape index (κ3) is 7.88. The molecule has 15 atom stereocenters. The summed E-state index contributed by atoms with van der Waals surface area (Å²) in [5.41, 5.74) is 26.2. The van der Waals surface area contributed by atoms with Crippen LogP contribution in [0.2, 0.25) is 0 Å². The van der Waals surface area contributed by atoms with Gasteiger partial charge in [0.05, 0.1) is 12.1 Å². The van der Waals surface area contributed by atoms with Gasteiger partial charge >= 0.3 is 0 Å². The molecule has 3 aliphatic heterocycles. The maximum atomic E-state index is 13.9. The molecule has 7 unspecified atom stereocenters. The van der Waals surface area contributed by atoms with E-state index in [0.717, 1.165) is 0 Å². The molecule has 2 aromatic rings. The van der Waals surface area contributed by atoms with Gasteiger partial charge < -0.3 is 87.4 Å². The number of benzene rings is 3. The Bertz CT molecular complexity index is 2090. The van der Waals surface area contributed by atoms with Crippen molar-refractivity contribution in [1.82, 2.24) is 5.32 Å². The first kappa shape index (κ1) is 41.0. The molecule has 1 saturated carbocycles. The molecule has 5 aliphatic rings. The zero-order valence-electron chi connectivity index (χ0n) is 30.4. The number of ether oxygens (including phenoxy) is 4. The predicted molar refractivity (Wildman–Crippen MR) is 199 cm³/mol. The lowest BCUT2D eigenvalue weighted by molar-refractivity contribution is -0.330. The largest absolute Gasteiger partial charge is 0.508 e. The number of aromatic hydroxyl groups is 1. The van der Waals surface area contributed by atoms with Crippen molar-refractivity contribution in [3.05, 3.63) is 76.5 Å². The molecule has 2 aromatic carbocycles. The van der Waals surface area contributed by atoms with E-state index in [4.69, 9.17) is 46.3 Å². The van der Waals surface area contributed by atoms with Gasteiger partial charge in [0.25, 0.3) is 5.91 Å². The van der Waals surface area contributed by atoms with Crippen molar-refractivity contribution in [2.75, 3.05) is 13.1 Å². The first-order valence-electron chi connectivity index (χ1n) is 18.4. The van der Waals surface area contributed by atoms with Crippen LogP contribution in [0.1, 0.15) is 16.8 Å². The molecule has 19 heteroatoms. The fraction of sp³-hybridized carbons (Fsp3) is 0.474. The number of phenols is 1. The van der Waals surface area contributed by atoms with E-state index < -0.39 is 97.7 Å². The molecule has 16 N–H and O–H groups in total. The van der Waals surface area contributed by atoms with Crippen LogP contribution >= 0.6 is 0 Å². The minimum atomic E-state index is -1.73. The average Bonchev–Trinajstić information content (AvgIpc) is 3.19. The molecule has 2 saturated heterocycles. The minimum absolute atomic E-state index is 0.0103. The van der Waals surface area contributed by atoms with Crippen molar-refractivity contribution in [3.8, 4) is 28.2 Å². The van der Waals surface area contributed by atoms with E-state index in [-0.39, 0.29) is 47.6 Å². The van der Waals surface area contributed by atoms with Crippen LogP contribution < -0.4 is 33.7 Å². The monoisotopic (exact) mass is 797 g/mol. The molecule has 0 aromatic heterocycles. The highest BCUT2D eigenvalue weighted by Crippen LogP contribution is 2.42. The second kappa shape index (κ2) is 16.6. The van der Waals surface area contributed by atoms with Gasteiger partial charge in [0.2, 0.25) is 0 Å². The van der Waals surface area contributed by atoms with Gasteiger partial charge in [-0.25, -0.2) is 0 Å². The van der Waals surface area contributed by atoms with E-state index in [1.807, 2.05) is 0 Å². The number of aliphatic hydroxyl groups is 6. The van der Waals surface area contributed by atoms with Gasteiger partial charge in [-0.1, -0.05) is 18.2 Å². The summed E-state index contributed by atoms with van der Waals surface area (Å²) in [4.78, 5) is 26.1. The Morgan fingerprint density at radius 2 is 1.42 bits per heavy atom. The molecule has 1 amide bonds. The number of fused-ring (bicyclic) bond motifs is 2. The summed E-state index contributed by atoms with van der Waals surface area (Å²) in [7, 11) is 0. The number of carbonyl (C=O) groups excluding carboxylic acids is 1. The number of aliphatic hydroxyl groups excluding tert-OH is 6. The van der Waals surface area contributed by atoms with Gasteiger partial charge in [-0.15, -0.1) is 0 Å². The third-order valence-electron chi connectivity index (χ3n) is 10.9. The van der Waals surface area contributed by atoms with Crippen molar-refractivity contribution < 1.29 is 63.9 Å². The smallest absolute Gasteiger partial charge is 0.252 e. The Kier molecular flexibility index (Phi) is 11.9. The maximum absolute atomic E-state index is 13.9. The summed E-state index contributed by atoms with van der Waals surface area (Å²) >= 11 is 0. The van der Waals surface area contributed by atoms with E-state index in [1.165, 1.54) is 24.3 Å². The average molecular weight is 798 g/mol. The third-order valence-corrected chi connectivity index (χ3v) is 10.9. The SMILES string of the molecule is NCC1O[C@H](OC2C(N)CC(N)[C@@H](OC3O[C@H](CNC(=O)c4ccccc4-c4c5ccc(=O)cc-5oc5cc(O)ccc45)C(O)[C@@H](N)[C@H]3O)[C@H]2O)C(O)[C@@H](O)[C@@H]1O. The van der Waals surface area contributed by atoms with Gasteiger partial charge in [-0.2, -0.15) is 0 Å². The van der Waals surface area contributed by atoms with Gasteiger partial charge in [-0.3, -0.25) is 9.59 Å². The number of phenolic OH excluding ortho intramolecular Hbond substituents is 1. The lowest BCUT2D eigenvalue weighted by Crippen LogP contribution is -2.68. The van der Waals surface area contributed by atoms with Gasteiger partial charge in [-0.05, 0) is 42.3 Å². The fourth-order valence-electron chi connectivity index (χ4n) is 7.76. The summed E-state index contributed by atoms with van der Waals surface area (Å²) in [6, 6.07) is 12.3. The Labute approximate surface area is 324 Å². The van der Waals surface area contributed by atoms with Crippen molar-refractivity contribution in [3.63, 3.8) is 0 Å². The Morgan fingerprint density at radius 3 is 2.12 bits per heavy atom. The summed E-state index contributed by atoms with van der Waals surface area (Å²) in [6.07, 6.45) is -17.7. The van der Waals surface area contributed by atoms with Crippen molar-refractivity contribution in [2.45, 2.75) is 98.2 Å². The topological polar surface area (TPSA) is 342 Å². The Balaban J connectivity index is 1.08. The van der Waals surface area contributed by atoms with E-state index in [1.54, 1.807) is 36.4 Å². The molecular weight excluding hydrogens is 750 g/mol. The number of amides is 1. The lowest BCUT2D eigenvalue weighted by atomic mass is 9.84. The molecule has 0 radical (unpaired) electrons. The van der Waals surface area contributed by atoms with Crippen LogP contribution in [-0.2, 0) is 18.9 Å². The van der Waals surface area contributed by atoms with Gasteiger partial charge in [0.15, 0.2) is 18.0 Å². The van der Waals surface area contributed by atoms with Gasteiger partial charge in [0.1, 0.15) is 72.0 Å². The van der Waals surface area contributed by atoms with Crippen LogP contribution in [0, 0.1) is 0 Å². The second-order valence-corrected chi connectivity index (χ2v) is 14.7. The Morgan fingerprint density at radius 1 is 0.754 bits per heavy atom. The number of hydrogen-bond acceptors (Lipinski definition) is 18. The van der Waals surface area contributed by atoms with Crippen molar-refractivity contribution in [2.24, 2.45) is 22.9 Å². The second-order valence-electron chi connectivity index (χ2n) is 14.7. The van der Waals surface area contributed by atoms with E-state index in [0.29, 0.717) is 22.1 Å². The molecule has 2 aliphatic carbocycles. The minimum Gasteiger partial charge on any atom is -0.508 e. The normalized spacial score (nSPS) is 36.0. The molecule has 19 nitrogen and oxygen atoms in total. The summed E-state index contributed by atoms with van der Waals surface area (Å²) in [5, 5.41) is 77.9. The molecule has 7 rings (SSSR count). The molecule has 308 valence electrons. The van der Waals surface area contributed by atoms with Crippen LogP contribution in [0.5, 0.6) is 5.75 Å².